The monoisotopic (exact) mass is 370 g/mol. The van der Waals surface area contributed by atoms with Gasteiger partial charge < -0.3 is 9.32 Å². The van der Waals surface area contributed by atoms with E-state index >= 15 is 0 Å². The fourth-order valence-electron chi connectivity index (χ4n) is 2.35. The first-order chi connectivity index (χ1) is 12.8. The Morgan fingerprint density at radius 3 is 2.48 bits per heavy atom. The van der Waals surface area contributed by atoms with Crippen LogP contribution in [0.3, 0.4) is 0 Å². The molecule has 0 unspecified atom stereocenters. The number of carbonyl (C=O) groups excluding carboxylic acids is 2. The van der Waals surface area contributed by atoms with E-state index in [9.17, 15) is 9.59 Å². The predicted molar refractivity (Wildman–Crippen MR) is 102 cm³/mol. The third kappa shape index (κ3) is 3.97. The molecule has 3 aromatic rings. The average Bonchev–Trinajstić information content (AvgIpc) is 3.09. The van der Waals surface area contributed by atoms with Crippen LogP contribution in [0.2, 0.25) is 0 Å². The first-order valence-electron chi connectivity index (χ1n) is 8.12. The van der Waals surface area contributed by atoms with Crippen LogP contribution in [0.15, 0.2) is 34.9 Å². The van der Waals surface area contributed by atoms with E-state index in [-0.39, 0.29) is 26.6 Å². The minimum Gasteiger partial charge on any atom is -0.401 e. The number of aryl methyl sites for hydroxylation is 1. The summed E-state index contributed by atoms with van der Waals surface area (Å²) in [5.74, 6) is -0.229. The summed E-state index contributed by atoms with van der Waals surface area (Å²) in [7, 11) is 3.40. The summed E-state index contributed by atoms with van der Waals surface area (Å²) in [4.78, 5) is 33.5. The largest absolute Gasteiger partial charge is 0.401 e. The van der Waals surface area contributed by atoms with Crippen LogP contribution >= 0.6 is 0 Å². The molecule has 0 aliphatic rings. The van der Waals surface area contributed by atoms with Crippen LogP contribution in [0.4, 0.5) is 6.01 Å². The number of amides is 2. The zero-order chi connectivity index (χ0) is 19.6. The van der Waals surface area contributed by atoms with Gasteiger partial charge in [-0.2, -0.15) is 0 Å². The molecule has 0 bridgehead atoms. The molecule has 2 heterocycles. The Hall–Kier alpha value is -3.62. The van der Waals surface area contributed by atoms with Gasteiger partial charge in [0.1, 0.15) is 5.69 Å². The molecule has 0 aliphatic carbocycles. The second-order valence-electron chi connectivity index (χ2n) is 6.06. The molecule has 9 nitrogen and oxygen atoms in total. The zero-order valence-electron chi connectivity index (χ0n) is 15.3. The molecule has 0 aliphatic heterocycles. The van der Waals surface area contributed by atoms with E-state index in [2.05, 4.69) is 25.5 Å². The second-order valence-corrected chi connectivity index (χ2v) is 6.06. The normalized spacial score (nSPS) is 10.5. The Balaban J connectivity index is 0.00000210. The maximum atomic E-state index is 12.0. The highest BCUT2D eigenvalue weighted by Gasteiger charge is 2.16. The number of rotatable bonds is 4. The van der Waals surface area contributed by atoms with Gasteiger partial charge in [-0.15, -0.1) is 5.10 Å². The van der Waals surface area contributed by atoms with Crippen molar-refractivity contribution < 1.29 is 16.9 Å². The molecule has 3 rings (SSSR count). The lowest BCUT2D eigenvalue weighted by atomic mass is 10.1. The van der Waals surface area contributed by atoms with Crippen LogP contribution in [0.1, 0.15) is 25.8 Å². The van der Waals surface area contributed by atoms with E-state index in [1.54, 1.807) is 51.5 Å². The molecule has 9 heteroatoms. The Bertz CT molecular complexity index is 1010. The van der Waals surface area contributed by atoms with Crippen molar-refractivity contribution in [3.05, 3.63) is 41.7 Å². The second kappa shape index (κ2) is 7.32. The molecule has 0 saturated carbocycles. The van der Waals surface area contributed by atoms with Crippen molar-refractivity contribution in [3.8, 4) is 22.8 Å². The quantitative estimate of drug-likeness (QED) is 0.751. The van der Waals surface area contributed by atoms with Crippen LogP contribution in [-0.2, 0) is 4.79 Å². The average molecular weight is 370 g/mol. The van der Waals surface area contributed by atoms with Crippen LogP contribution in [-0.4, -0.2) is 51.0 Å². The summed E-state index contributed by atoms with van der Waals surface area (Å²) in [6.07, 6.45) is 1.63. The van der Waals surface area contributed by atoms with Crippen molar-refractivity contribution in [2.24, 2.45) is 0 Å². The molecule has 0 fully saturated rings. The van der Waals surface area contributed by atoms with E-state index in [0.29, 0.717) is 22.6 Å². The minimum atomic E-state index is -0.311. The Labute approximate surface area is 158 Å². The van der Waals surface area contributed by atoms with Crippen molar-refractivity contribution in [2.45, 2.75) is 13.8 Å². The maximum absolute atomic E-state index is 12.0. The van der Waals surface area contributed by atoms with Gasteiger partial charge in [0.25, 0.3) is 11.8 Å². The van der Waals surface area contributed by atoms with E-state index in [4.69, 9.17) is 4.42 Å². The molecular formula is C18H22N6O3. The van der Waals surface area contributed by atoms with Gasteiger partial charge in [-0.3, -0.25) is 19.9 Å². The summed E-state index contributed by atoms with van der Waals surface area (Å²) >= 11 is 0. The zero-order valence-corrected chi connectivity index (χ0v) is 15.3. The van der Waals surface area contributed by atoms with E-state index in [0.717, 1.165) is 5.56 Å². The van der Waals surface area contributed by atoms with Crippen LogP contribution in [0, 0.1) is 6.92 Å². The van der Waals surface area contributed by atoms with Crippen molar-refractivity contribution in [1.29, 1.82) is 0 Å². The highest BCUT2D eigenvalue weighted by atomic mass is 16.4. The van der Waals surface area contributed by atoms with Crippen molar-refractivity contribution in [3.63, 3.8) is 0 Å². The molecule has 1 N–H and O–H groups in total. The first-order valence-corrected chi connectivity index (χ1v) is 8.12. The van der Waals surface area contributed by atoms with Gasteiger partial charge >= 0.3 is 6.01 Å². The molecule has 1 aromatic carbocycles. The van der Waals surface area contributed by atoms with Crippen molar-refractivity contribution >= 4 is 17.8 Å². The molecule has 27 heavy (non-hydrogen) atoms. The number of carbonyl (C=O) groups is 2. The molecular weight excluding hydrogens is 348 g/mol. The summed E-state index contributed by atoms with van der Waals surface area (Å²) in [5, 5.41) is 10.1. The van der Waals surface area contributed by atoms with Gasteiger partial charge in [0, 0.05) is 35.0 Å². The Morgan fingerprint density at radius 1 is 1.15 bits per heavy atom. The fourth-order valence-corrected chi connectivity index (χ4v) is 2.35. The predicted octanol–water partition coefficient (Wildman–Crippen LogP) is 2.65. The lowest BCUT2D eigenvalue weighted by Gasteiger charge is -2.10. The van der Waals surface area contributed by atoms with E-state index in [1.807, 2.05) is 0 Å². The van der Waals surface area contributed by atoms with Crippen molar-refractivity contribution in [2.75, 3.05) is 19.4 Å². The smallest absolute Gasteiger partial charge is 0.322 e. The van der Waals surface area contributed by atoms with Gasteiger partial charge in [0.2, 0.25) is 5.91 Å². The van der Waals surface area contributed by atoms with Gasteiger partial charge in [0.05, 0.1) is 17.6 Å². The third-order valence-electron chi connectivity index (χ3n) is 3.70. The van der Waals surface area contributed by atoms with Crippen LogP contribution in [0.25, 0.3) is 22.8 Å². The van der Waals surface area contributed by atoms with Gasteiger partial charge in [-0.1, -0.05) is 17.2 Å². The van der Waals surface area contributed by atoms with E-state index < -0.39 is 0 Å². The van der Waals surface area contributed by atoms with Gasteiger partial charge in [-0.25, -0.2) is 4.98 Å². The first kappa shape index (κ1) is 18.2. The molecule has 2 aromatic heterocycles. The number of nitrogens with zero attached hydrogens (tertiary/aromatic N) is 5. The topological polar surface area (TPSA) is 114 Å². The van der Waals surface area contributed by atoms with Gasteiger partial charge in [-0.05, 0) is 19.1 Å². The number of hydrogen-bond donors (Lipinski definition) is 1. The highest BCUT2D eigenvalue weighted by Crippen LogP contribution is 2.24. The maximum Gasteiger partial charge on any atom is 0.322 e. The standard InChI is InChI=1S/C18H18N6O3.2H2/c1-10-15(16-22-23-18(27-16)20-11(2)25)21-14(9-19-10)12-5-7-13(8-6-12)17(26)24(3)4;;/h5-9H,1-4H3,(H,20,23,25);2*1H. The summed E-state index contributed by atoms with van der Waals surface area (Å²) in [5.41, 5.74) is 3.00. The molecule has 2 amide bonds. The minimum absolute atomic E-state index is 0. The highest BCUT2D eigenvalue weighted by molar-refractivity contribution is 5.94. The number of anilines is 1. The third-order valence-corrected chi connectivity index (χ3v) is 3.70. The van der Waals surface area contributed by atoms with Crippen LogP contribution < -0.4 is 5.32 Å². The number of nitrogens with one attached hydrogen (secondary N) is 1. The van der Waals surface area contributed by atoms with Crippen molar-refractivity contribution in [1.82, 2.24) is 25.1 Å². The number of benzene rings is 1. The van der Waals surface area contributed by atoms with Gasteiger partial charge in [0.15, 0.2) is 0 Å². The van der Waals surface area contributed by atoms with Crippen LogP contribution in [0.5, 0.6) is 0 Å². The van der Waals surface area contributed by atoms with E-state index in [1.165, 1.54) is 11.8 Å². The summed E-state index contributed by atoms with van der Waals surface area (Å²) in [6.45, 7) is 3.12. The SMILES string of the molecule is CC(=O)Nc1nnc(-c2nc(-c3ccc(C(=O)N(C)C)cc3)cnc2C)o1.[HH].[HH]. The Kier molecular flexibility index (Phi) is 4.93. The summed E-state index contributed by atoms with van der Waals surface area (Å²) in [6, 6.07) is 7.07. The number of aromatic nitrogens is 4. The molecule has 0 saturated heterocycles. The molecule has 0 spiro atoms. The molecule has 0 atom stereocenters. The lowest BCUT2D eigenvalue weighted by Crippen LogP contribution is -2.21. The molecule has 0 radical (unpaired) electrons. The fraction of sp³-hybridized carbons (Fsp3) is 0.222. The number of hydrogen-bond acceptors (Lipinski definition) is 7. The Morgan fingerprint density at radius 2 is 1.85 bits per heavy atom. The lowest BCUT2D eigenvalue weighted by molar-refractivity contribution is -0.114. The molecule has 142 valence electrons. The summed E-state index contributed by atoms with van der Waals surface area (Å²) < 4.78 is 5.42.